The van der Waals surface area contributed by atoms with Crippen molar-refractivity contribution in [2.45, 2.75) is 4.90 Å². The molecule has 0 fully saturated rings. The van der Waals surface area contributed by atoms with E-state index < -0.39 is 21.9 Å². The summed E-state index contributed by atoms with van der Waals surface area (Å²) >= 11 is 1.35. The quantitative estimate of drug-likeness (QED) is 0.630. The molecule has 0 atom stereocenters. The number of carbonyl (C=O) groups is 2. The summed E-state index contributed by atoms with van der Waals surface area (Å²) in [7, 11) is -4.04. The molecule has 1 heterocycles. The molecule has 2 amide bonds. The average molecular weight is 367 g/mol. The van der Waals surface area contributed by atoms with Gasteiger partial charge in [0.1, 0.15) is 0 Å². The molecule has 126 valence electrons. The zero-order valence-corrected chi connectivity index (χ0v) is 14.2. The summed E-state index contributed by atoms with van der Waals surface area (Å²) in [4.78, 5) is 25.7. The van der Waals surface area contributed by atoms with Gasteiger partial charge in [0.25, 0.3) is 21.9 Å². The highest BCUT2D eigenvalue weighted by Crippen LogP contribution is 2.34. The normalized spacial score (nSPS) is 14.5. The minimum atomic E-state index is -4.04. The molecular weight excluding hydrogens is 354 g/mol. The van der Waals surface area contributed by atoms with Gasteiger partial charge in [-0.25, -0.2) is 0 Å². The number of hydrogen-bond acceptors (Lipinski definition) is 7. The Morgan fingerprint density at radius 3 is 2.54 bits per heavy atom. The number of thioether (sulfide) groups is 1. The largest absolute Gasteiger partial charge is 0.396 e. The summed E-state index contributed by atoms with van der Waals surface area (Å²) in [6.45, 7) is -0.0200. The third-order valence-corrected chi connectivity index (χ3v) is 4.73. The third-order valence-electron chi connectivity index (χ3n) is 3.35. The maximum absolute atomic E-state index is 12.6. The van der Waals surface area contributed by atoms with E-state index in [9.17, 15) is 18.0 Å². The predicted molar refractivity (Wildman–Crippen MR) is 88.2 cm³/mol. The highest BCUT2D eigenvalue weighted by atomic mass is 32.2. The van der Waals surface area contributed by atoms with E-state index in [1.807, 2.05) is 6.07 Å². The Balaban J connectivity index is 2.19. The third kappa shape index (κ3) is 3.03. The second kappa shape index (κ2) is 6.17. The molecule has 0 bridgehead atoms. The van der Waals surface area contributed by atoms with Gasteiger partial charge in [-0.3, -0.25) is 9.59 Å². The molecule has 9 heteroatoms. The van der Waals surface area contributed by atoms with Gasteiger partial charge in [0, 0.05) is 16.0 Å². The van der Waals surface area contributed by atoms with E-state index in [2.05, 4.69) is 4.28 Å². The molecule has 0 spiro atoms. The van der Waals surface area contributed by atoms with Crippen LogP contribution in [0.2, 0.25) is 0 Å². The lowest BCUT2D eigenvalue weighted by Crippen LogP contribution is -2.41. The van der Waals surface area contributed by atoms with Crippen molar-refractivity contribution in [1.82, 2.24) is 5.06 Å². The Morgan fingerprint density at radius 2 is 1.88 bits per heavy atom. The van der Waals surface area contributed by atoms with Gasteiger partial charge >= 0.3 is 0 Å². The fourth-order valence-corrected chi connectivity index (χ4v) is 3.65. The van der Waals surface area contributed by atoms with Crippen LogP contribution in [0.4, 0.5) is 0 Å². The Labute approximate surface area is 142 Å². The molecule has 2 aromatic rings. The van der Waals surface area contributed by atoms with E-state index in [1.54, 1.807) is 18.2 Å². The molecule has 0 aliphatic carbocycles. The van der Waals surface area contributed by atoms with Crippen molar-refractivity contribution in [3.8, 4) is 0 Å². The highest BCUT2D eigenvalue weighted by Gasteiger charge is 2.36. The van der Waals surface area contributed by atoms with Crippen molar-refractivity contribution in [1.29, 1.82) is 0 Å². The number of nitrogens with zero attached hydrogens (tertiary/aromatic N) is 1. The lowest BCUT2D eigenvalue weighted by atomic mass is 9.95. The molecule has 0 radical (unpaired) electrons. The second-order valence-corrected chi connectivity index (χ2v) is 7.86. The number of hydroxylamine groups is 2. The van der Waals surface area contributed by atoms with Crippen LogP contribution in [0.1, 0.15) is 20.7 Å². The lowest BCUT2D eigenvalue weighted by Gasteiger charge is -2.25. The SMILES string of the molecule is CS(=O)(=O)ON1C(=O)c2cccc3cc(SCCO)cc(c23)C1=O. The molecular formula is C15H13NO6S2. The Bertz CT molecular complexity index is 954. The molecule has 0 saturated heterocycles. The van der Waals surface area contributed by atoms with Gasteiger partial charge in [-0.15, -0.1) is 21.1 Å². The van der Waals surface area contributed by atoms with Crippen LogP contribution in [0, 0.1) is 0 Å². The molecule has 1 N–H and O–H groups in total. The Hall–Kier alpha value is -1.94. The van der Waals surface area contributed by atoms with E-state index in [0.717, 1.165) is 11.2 Å². The van der Waals surface area contributed by atoms with E-state index >= 15 is 0 Å². The number of rotatable bonds is 5. The first-order valence-corrected chi connectivity index (χ1v) is 9.71. The zero-order valence-electron chi connectivity index (χ0n) is 12.6. The minimum Gasteiger partial charge on any atom is -0.396 e. The van der Waals surface area contributed by atoms with Crippen LogP contribution in [0.5, 0.6) is 0 Å². The van der Waals surface area contributed by atoms with Crippen molar-refractivity contribution in [2.24, 2.45) is 0 Å². The molecule has 7 nitrogen and oxygen atoms in total. The second-order valence-electron chi connectivity index (χ2n) is 5.13. The van der Waals surface area contributed by atoms with Crippen LogP contribution < -0.4 is 0 Å². The molecule has 0 unspecified atom stereocenters. The van der Waals surface area contributed by atoms with Crippen LogP contribution in [-0.2, 0) is 14.4 Å². The first-order valence-electron chi connectivity index (χ1n) is 6.90. The van der Waals surface area contributed by atoms with Gasteiger partial charge < -0.3 is 5.11 Å². The van der Waals surface area contributed by atoms with Crippen LogP contribution >= 0.6 is 11.8 Å². The smallest absolute Gasteiger partial charge is 0.286 e. The molecule has 24 heavy (non-hydrogen) atoms. The number of aliphatic hydroxyl groups excluding tert-OH is 1. The van der Waals surface area contributed by atoms with Gasteiger partial charge in [-0.2, -0.15) is 8.42 Å². The maximum atomic E-state index is 12.6. The molecule has 1 aliphatic rings. The Morgan fingerprint density at radius 1 is 1.17 bits per heavy atom. The van der Waals surface area contributed by atoms with Crippen LogP contribution in [0.25, 0.3) is 10.8 Å². The van der Waals surface area contributed by atoms with Gasteiger partial charge in [-0.1, -0.05) is 12.1 Å². The van der Waals surface area contributed by atoms with E-state index in [1.165, 1.54) is 17.8 Å². The number of carbonyl (C=O) groups excluding carboxylic acids is 2. The summed E-state index contributed by atoms with van der Waals surface area (Å²) in [6.07, 6.45) is 0.761. The predicted octanol–water partition coefficient (Wildman–Crippen LogP) is 1.41. The number of benzene rings is 2. The van der Waals surface area contributed by atoms with Crippen molar-refractivity contribution in [3.63, 3.8) is 0 Å². The fraction of sp³-hybridized carbons (Fsp3) is 0.200. The van der Waals surface area contributed by atoms with Crippen molar-refractivity contribution in [2.75, 3.05) is 18.6 Å². The summed E-state index contributed by atoms with van der Waals surface area (Å²) < 4.78 is 27.3. The molecule has 1 aliphatic heterocycles. The molecule has 0 aromatic heterocycles. The standard InChI is InChI=1S/C15H13NO6S2/c1-24(20,21)22-16-14(18)11-4-2-3-9-7-10(23-6-5-17)8-12(13(9)11)15(16)19/h2-4,7-8,17H,5-6H2,1H3. The summed E-state index contributed by atoms with van der Waals surface area (Å²) in [5.74, 6) is -1.21. The summed E-state index contributed by atoms with van der Waals surface area (Å²) in [6, 6.07) is 8.31. The highest BCUT2D eigenvalue weighted by molar-refractivity contribution is 7.99. The maximum Gasteiger partial charge on any atom is 0.286 e. The minimum absolute atomic E-state index is 0.0200. The van der Waals surface area contributed by atoms with E-state index in [0.29, 0.717) is 16.5 Å². The zero-order chi connectivity index (χ0) is 17.5. The van der Waals surface area contributed by atoms with Crippen LogP contribution in [0.3, 0.4) is 0 Å². The summed E-state index contributed by atoms with van der Waals surface area (Å²) in [5.41, 5.74) is 0.385. The molecule has 3 rings (SSSR count). The summed E-state index contributed by atoms with van der Waals surface area (Å²) in [5, 5.41) is 10.4. The van der Waals surface area contributed by atoms with Gasteiger partial charge in [0.15, 0.2) is 0 Å². The molecule has 0 saturated carbocycles. The fourth-order valence-electron chi connectivity index (χ4n) is 2.51. The topological polar surface area (TPSA) is 101 Å². The number of imide groups is 1. The lowest BCUT2D eigenvalue weighted by molar-refractivity contribution is -0.0150. The monoisotopic (exact) mass is 367 g/mol. The van der Waals surface area contributed by atoms with Gasteiger partial charge in [0.2, 0.25) is 0 Å². The van der Waals surface area contributed by atoms with E-state index in [-0.39, 0.29) is 22.8 Å². The van der Waals surface area contributed by atoms with Crippen LogP contribution in [0.15, 0.2) is 35.2 Å². The molecule has 2 aromatic carbocycles. The number of hydrogen-bond donors (Lipinski definition) is 1. The van der Waals surface area contributed by atoms with Crippen LogP contribution in [-0.4, -0.2) is 49.0 Å². The number of amides is 2. The van der Waals surface area contributed by atoms with Crippen molar-refractivity contribution < 1.29 is 27.4 Å². The van der Waals surface area contributed by atoms with E-state index in [4.69, 9.17) is 5.11 Å². The van der Waals surface area contributed by atoms with Gasteiger partial charge in [-0.05, 0) is 23.6 Å². The first-order chi connectivity index (χ1) is 11.3. The van der Waals surface area contributed by atoms with Crippen molar-refractivity contribution in [3.05, 3.63) is 41.5 Å². The van der Waals surface area contributed by atoms with Crippen molar-refractivity contribution >= 4 is 44.5 Å². The van der Waals surface area contributed by atoms with Gasteiger partial charge in [0.05, 0.1) is 24.0 Å². The average Bonchev–Trinajstić information content (AvgIpc) is 2.53. The first kappa shape index (κ1) is 16.9. The number of aliphatic hydroxyl groups is 1. The Kier molecular flexibility index (Phi) is 4.35.